The van der Waals surface area contributed by atoms with Crippen LogP contribution in [0.4, 0.5) is 35.1 Å². The molecule has 1 aliphatic rings. The van der Waals surface area contributed by atoms with Crippen LogP contribution in [0.1, 0.15) is 38.5 Å². The molecule has 1 rings (SSSR count). The van der Waals surface area contributed by atoms with Crippen LogP contribution < -0.4 is 0 Å². The minimum absolute atomic E-state index is 0.0720. The fourth-order valence-electron chi connectivity index (χ4n) is 2.66. The normalized spacial score (nSPS) is 17.9. The topological polar surface area (TPSA) is 63.6 Å². The van der Waals surface area contributed by atoms with Gasteiger partial charge < -0.3 is 9.84 Å². The minimum atomic E-state index is -6.75. The Labute approximate surface area is 148 Å². The van der Waals surface area contributed by atoms with E-state index in [1.54, 1.807) is 0 Å². The number of carbonyl (C=O) groups is 2. The van der Waals surface area contributed by atoms with Gasteiger partial charge in [-0.1, -0.05) is 32.1 Å². The van der Waals surface area contributed by atoms with Crippen molar-refractivity contribution < 1.29 is 54.6 Å². The predicted octanol–water partition coefficient (Wildman–Crippen LogP) is 4.64. The maximum Gasteiger partial charge on any atom is 0.473 e. The quantitative estimate of drug-likeness (QED) is 0.359. The largest absolute Gasteiger partial charge is 0.478 e. The van der Waals surface area contributed by atoms with Gasteiger partial charge in [-0.05, 0) is 5.92 Å². The first-order valence-electron chi connectivity index (χ1n) is 7.79. The number of halogens is 8. The maximum absolute atomic E-state index is 13.8. The van der Waals surface area contributed by atoms with Crippen LogP contribution in [0, 0.1) is 5.92 Å². The van der Waals surface area contributed by atoms with E-state index < -0.39 is 48.2 Å². The first-order chi connectivity index (χ1) is 12.1. The molecule has 0 radical (unpaired) electrons. The molecule has 0 spiro atoms. The molecule has 0 aliphatic heterocycles. The van der Waals surface area contributed by atoms with Crippen molar-refractivity contribution in [1.82, 2.24) is 0 Å². The van der Waals surface area contributed by atoms with Gasteiger partial charge in [-0.15, -0.1) is 0 Å². The van der Waals surface area contributed by atoms with Gasteiger partial charge in [0.1, 0.15) is 0 Å². The van der Waals surface area contributed by atoms with Gasteiger partial charge in [0.05, 0.1) is 0 Å². The first kappa shape index (κ1) is 23.2. The molecular weight excluding hydrogens is 396 g/mol. The second-order valence-corrected chi connectivity index (χ2v) is 6.17. The Morgan fingerprint density at radius 3 is 1.89 bits per heavy atom. The molecule has 12 heteroatoms. The van der Waals surface area contributed by atoms with Crippen LogP contribution in [0.5, 0.6) is 0 Å². The van der Waals surface area contributed by atoms with E-state index in [4.69, 9.17) is 5.11 Å². The lowest BCUT2D eigenvalue weighted by Crippen LogP contribution is -2.63. The molecule has 0 heterocycles. The van der Waals surface area contributed by atoms with Crippen LogP contribution in [0.3, 0.4) is 0 Å². The van der Waals surface area contributed by atoms with Crippen molar-refractivity contribution in [2.24, 2.45) is 5.92 Å². The Bertz CT molecular complexity index is 582. The summed E-state index contributed by atoms with van der Waals surface area (Å²) in [6.07, 6.45) is -6.74. The van der Waals surface area contributed by atoms with Crippen molar-refractivity contribution in [2.45, 2.75) is 62.4 Å². The number of carbonyl (C=O) groups excluding carboxylic acids is 1. The van der Waals surface area contributed by atoms with Gasteiger partial charge in [0.15, 0.2) is 0 Å². The molecule has 4 nitrogen and oxygen atoms in total. The van der Waals surface area contributed by atoms with Crippen molar-refractivity contribution in [3.63, 3.8) is 0 Å². The van der Waals surface area contributed by atoms with Gasteiger partial charge in [-0.25, -0.2) is 9.59 Å². The Morgan fingerprint density at radius 2 is 1.41 bits per heavy atom. The maximum atomic E-state index is 13.8. The second-order valence-electron chi connectivity index (χ2n) is 6.17. The molecule has 156 valence electrons. The zero-order chi connectivity index (χ0) is 21.1. The number of ether oxygens (including phenoxy) is 1. The van der Waals surface area contributed by atoms with Crippen LogP contribution >= 0.6 is 0 Å². The highest BCUT2D eigenvalue weighted by molar-refractivity contribution is 5.90. The number of esters is 1. The molecule has 1 N–H and O–H groups in total. The molecule has 0 aromatic carbocycles. The monoisotopic (exact) mass is 412 g/mol. The Morgan fingerprint density at radius 1 is 0.889 bits per heavy atom. The van der Waals surface area contributed by atoms with Gasteiger partial charge in [0.25, 0.3) is 0 Å². The summed E-state index contributed by atoms with van der Waals surface area (Å²) in [6, 6.07) is 0. The van der Waals surface area contributed by atoms with Crippen LogP contribution in [0.15, 0.2) is 12.2 Å². The van der Waals surface area contributed by atoms with E-state index in [1.807, 2.05) is 0 Å². The zero-order valence-electron chi connectivity index (χ0n) is 13.7. The van der Waals surface area contributed by atoms with E-state index in [2.05, 4.69) is 4.74 Å². The molecule has 0 aromatic rings. The third kappa shape index (κ3) is 5.10. The lowest BCUT2D eigenvalue weighted by Gasteiger charge is -2.37. The Balaban J connectivity index is 3.01. The van der Waals surface area contributed by atoms with E-state index in [1.165, 1.54) is 0 Å². The fraction of sp³-hybridized carbons (Fsp3) is 0.733. The molecule has 1 saturated carbocycles. The number of carboxylic acid groups (broad SMARTS) is 1. The highest BCUT2D eigenvalue weighted by Gasteiger charge is 2.82. The average molecular weight is 412 g/mol. The smallest absolute Gasteiger partial charge is 0.473 e. The predicted molar refractivity (Wildman–Crippen MR) is 73.8 cm³/mol. The number of hydrogen-bond acceptors (Lipinski definition) is 3. The number of hydrogen-bond donors (Lipinski definition) is 1. The van der Waals surface area contributed by atoms with Crippen LogP contribution in [0.25, 0.3) is 0 Å². The van der Waals surface area contributed by atoms with E-state index in [-0.39, 0.29) is 25.0 Å². The fourth-order valence-corrected chi connectivity index (χ4v) is 2.66. The van der Waals surface area contributed by atoms with Crippen molar-refractivity contribution in [3.05, 3.63) is 12.2 Å². The number of aliphatic carboxylic acids is 1. The van der Waals surface area contributed by atoms with E-state index in [0.29, 0.717) is 19.3 Å². The summed E-state index contributed by atoms with van der Waals surface area (Å²) < 4.78 is 112. The highest BCUT2D eigenvalue weighted by Crippen LogP contribution is 2.55. The molecule has 0 aromatic heterocycles. The van der Waals surface area contributed by atoms with Crippen LogP contribution in [0.2, 0.25) is 0 Å². The van der Waals surface area contributed by atoms with Gasteiger partial charge in [-0.2, -0.15) is 35.1 Å². The summed E-state index contributed by atoms with van der Waals surface area (Å²) in [5.41, 5.74) is 0. The molecular formula is C15H16F8O4. The molecule has 1 fully saturated rings. The van der Waals surface area contributed by atoms with Crippen molar-refractivity contribution in [2.75, 3.05) is 0 Å². The Kier molecular flexibility index (Phi) is 6.87. The van der Waals surface area contributed by atoms with Gasteiger partial charge >= 0.3 is 35.8 Å². The lowest BCUT2D eigenvalue weighted by atomic mass is 9.83. The number of carboxylic acids is 1. The summed E-state index contributed by atoms with van der Waals surface area (Å²) >= 11 is 0. The molecule has 0 bridgehead atoms. The molecule has 1 aliphatic carbocycles. The van der Waals surface area contributed by atoms with E-state index >= 15 is 0 Å². The van der Waals surface area contributed by atoms with Crippen molar-refractivity contribution in [1.29, 1.82) is 0 Å². The molecule has 0 unspecified atom stereocenters. The summed E-state index contributed by atoms with van der Waals surface area (Å²) in [4.78, 5) is 21.0. The first-order valence-corrected chi connectivity index (χ1v) is 7.79. The number of rotatable bonds is 8. The zero-order valence-corrected chi connectivity index (χ0v) is 13.7. The minimum Gasteiger partial charge on any atom is -0.478 e. The van der Waals surface area contributed by atoms with Crippen molar-refractivity contribution in [3.8, 4) is 0 Å². The van der Waals surface area contributed by atoms with E-state index in [9.17, 15) is 44.7 Å². The van der Waals surface area contributed by atoms with Gasteiger partial charge in [-0.3, -0.25) is 0 Å². The third-order valence-corrected chi connectivity index (χ3v) is 4.08. The molecule has 0 atom stereocenters. The third-order valence-electron chi connectivity index (χ3n) is 4.08. The molecule has 27 heavy (non-hydrogen) atoms. The molecule has 0 amide bonds. The summed E-state index contributed by atoms with van der Waals surface area (Å²) in [7, 11) is 0. The van der Waals surface area contributed by atoms with Crippen LogP contribution in [-0.2, 0) is 14.3 Å². The van der Waals surface area contributed by atoms with Crippen molar-refractivity contribution >= 4 is 11.9 Å². The van der Waals surface area contributed by atoms with Gasteiger partial charge in [0.2, 0.25) is 0 Å². The summed E-state index contributed by atoms with van der Waals surface area (Å²) in [5, 5.41) is 8.16. The van der Waals surface area contributed by atoms with Gasteiger partial charge in [0, 0.05) is 18.6 Å². The SMILES string of the molecule is O=C(O)C=CC(=O)OC(F)(F)C(F)(F)C(F)(F)C(F)(F)CC1CCCCC1. The number of alkyl halides is 8. The highest BCUT2D eigenvalue weighted by atomic mass is 19.4. The summed E-state index contributed by atoms with van der Waals surface area (Å²) in [6.45, 7) is 0. The standard InChI is InChI=1S/C15H16F8O4/c16-12(17,8-9-4-2-1-3-5-9)13(18,19)14(20,21)15(22,23)27-11(26)7-6-10(24)25/h6-7,9H,1-5,8H2,(H,24,25). The second kappa shape index (κ2) is 8.01. The molecule has 0 saturated heterocycles. The van der Waals surface area contributed by atoms with E-state index in [0.717, 1.165) is 0 Å². The lowest BCUT2D eigenvalue weighted by molar-refractivity contribution is -0.417. The summed E-state index contributed by atoms with van der Waals surface area (Å²) in [5.74, 6) is -24.1. The van der Waals surface area contributed by atoms with Crippen LogP contribution in [-0.4, -0.2) is 40.9 Å². The average Bonchev–Trinajstić information content (AvgIpc) is 2.52. The Hall–Kier alpha value is -1.88.